The van der Waals surface area contributed by atoms with Crippen LogP contribution in [0.25, 0.3) is 11.5 Å². The zero-order chi connectivity index (χ0) is 20.5. The van der Waals surface area contributed by atoms with Crippen molar-refractivity contribution in [3.05, 3.63) is 41.5 Å². The van der Waals surface area contributed by atoms with Crippen molar-refractivity contribution in [1.82, 2.24) is 15.1 Å². The van der Waals surface area contributed by atoms with Gasteiger partial charge in [0.15, 0.2) is 5.82 Å². The van der Waals surface area contributed by atoms with E-state index in [-0.39, 0.29) is 16.7 Å². The first kappa shape index (κ1) is 19.6. The van der Waals surface area contributed by atoms with E-state index in [1.807, 2.05) is 6.92 Å². The second kappa shape index (κ2) is 7.47. The molecule has 0 aliphatic carbocycles. The minimum Gasteiger partial charge on any atom is -0.361 e. The van der Waals surface area contributed by atoms with Gasteiger partial charge in [-0.1, -0.05) is 12.1 Å². The van der Waals surface area contributed by atoms with Crippen LogP contribution in [0.3, 0.4) is 0 Å². The van der Waals surface area contributed by atoms with E-state index < -0.39 is 10.0 Å². The smallest absolute Gasteiger partial charge is 0.264 e. The van der Waals surface area contributed by atoms with Crippen molar-refractivity contribution < 1.29 is 17.7 Å². The molecule has 3 aromatic rings. The van der Waals surface area contributed by atoms with E-state index in [1.54, 1.807) is 38.1 Å². The van der Waals surface area contributed by atoms with Crippen LogP contribution in [-0.4, -0.2) is 29.4 Å². The maximum atomic E-state index is 13.1. The molecule has 0 atom stereocenters. The van der Waals surface area contributed by atoms with Gasteiger partial charge in [-0.15, -0.1) is 0 Å². The van der Waals surface area contributed by atoms with Crippen molar-refractivity contribution in [2.75, 3.05) is 10.0 Å². The Kier molecular flexibility index (Phi) is 5.23. The summed E-state index contributed by atoms with van der Waals surface area (Å²) in [4.78, 5) is 18.5. The van der Waals surface area contributed by atoms with E-state index in [1.165, 1.54) is 6.92 Å². The molecule has 0 spiro atoms. The van der Waals surface area contributed by atoms with Gasteiger partial charge < -0.3 is 14.8 Å². The van der Waals surface area contributed by atoms with Crippen LogP contribution in [-0.2, 0) is 21.2 Å². The molecule has 148 valence electrons. The Morgan fingerprint density at radius 1 is 1.14 bits per heavy atom. The van der Waals surface area contributed by atoms with E-state index in [0.717, 1.165) is 0 Å². The summed E-state index contributed by atoms with van der Waals surface area (Å²) < 4.78 is 34.0. The molecule has 0 aliphatic heterocycles. The largest absolute Gasteiger partial charge is 0.361 e. The highest BCUT2D eigenvalue weighted by Gasteiger charge is 2.29. The topological polar surface area (TPSA) is 130 Å². The Morgan fingerprint density at radius 2 is 1.79 bits per heavy atom. The van der Waals surface area contributed by atoms with Crippen LogP contribution < -0.4 is 10.0 Å². The number of anilines is 2. The van der Waals surface area contributed by atoms with Crippen molar-refractivity contribution in [3.8, 4) is 11.5 Å². The number of aromatic nitrogens is 3. The summed E-state index contributed by atoms with van der Waals surface area (Å²) in [6, 6.07) is 6.36. The Balaban J connectivity index is 1.97. The van der Waals surface area contributed by atoms with Crippen molar-refractivity contribution >= 4 is 27.3 Å². The Labute approximate surface area is 162 Å². The fourth-order valence-electron chi connectivity index (χ4n) is 2.88. The number of benzene rings is 1. The molecule has 3 N–H and O–H groups in total. The fourth-order valence-corrected chi connectivity index (χ4v) is 4.39. The average molecular weight is 403 g/mol. The van der Waals surface area contributed by atoms with Gasteiger partial charge in [0.1, 0.15) is 4.90 Å². The number of sulfonamides is 1. The van der Waals surface area contributed by atoms with Gasteiger partial charge in [0.25, 0.3) is 15.9 Å². The van der Waals surface area contributed by atoms with Crippen LogP contribution in [0.15, 0.2) is 33.7 Å². The van der Waals surface area contributed by atoms with Gasteiger partial charge in [-0.3, -0.25) is 9.52 Å². The summed E-state index contributed by atoms with van der Waals surface area (Å²) in [5.41, 5.74) is 2.37. The molecule has 0 saturated heterocycles. The standard InChI is InChI=1S/C18H21N5O4S/c1-5-15-21-18(27-22-15)16-10(2)19-11(3)17(16)28(25,26)23-14-8-6-13(7-9-14)20-12(4)24/h6-9,19,23H,5H2,1-4H3,(H,20,24). The molecule has 3 rings (SSSR count). The SMILES string of the molecule is CCc1noc(-c2c(C)[nH]c(C)c2S(=O)(=O)Nc2ccc(NC(C)=O)cc2)n1. The number of carbonyl (C=O) groups is 1. The maximum Gasteiger partial charge on any atom is 0.264 e. The minimum atomic E-state index is -3.93. The number of carbonyl (C=O) groups excluding carboxylic acids is 1. The third kappa shape index (κ3) is 3.91. The van der Waals surface area contributed by atoms with E-state index in [0.29, 0.717) is 40.6 Å². The normalized spacial score (nSPS) is 11.4. The molecule has 2 aromatic heterocycles. The van der Waals surface area contributed by atoms with Crippen LogP contribution in [0.4, 0.5) is 11.4 Å². The van der Waals surface area contributed by atoms with Crippen molar-refractivity contribution in [2.45, 2.75) is 39.0 Å². The molecular weight excluding hydrogens is 382 g/mol. The van der Waals surface area contributed by atoms with Crippen molar-refractivity contribution in [2.24, 2.45) is 0 Å². The summed E-state index contributed by atoms with van der Waals surface area (Å²) >= 11 is 0. The van der Waals surface area contributed by atoms with E-state index in [9.17, 15) is 13.2 Å². The highest BCUT2D eigenvalue weighted by molar-refractivity contribution is 7.93. The van der Waals surface area contributed by atoms with Crippen LogP contribution >= 0.6 is 0 Å². The molecular formula is C18H21N5O4S. The van der Waals surface area contributed by atoms with Crippen LogP contribution in [0.2, 0.25) is 0 Å². The Bertz CT molecular complexity index is 1110. The number of H-pyrrole nitrogens is 1. The first-order valence-corrected chi connectivity index (χ1v) is 10.1. The van der Waals surface area contributed by atoms with Gasteiger partial charge >= 0.3 is 0 Å². The number of hydrogen-bond acceptors (Lipinski definition) is 6. The molecule has 1 aromatic carbocycles. The molecule has 0 radical (unpaired) electrons. The molecule has 10 heteroatoms. The lowest BCUT2D eigenvalue weighted by atomic mass is 10.2. The molecule has 0 aliphatic rings. The van der Waals surface area contributed by atoms with Crippen LogP contribution in [0.5, 0.6) is 0 Å². The Hall–Kier alpha value is -3.14. The number of hydrogen-bond donors (Lipinski definition) is 3. The second-order valence-electron chi connectivity index (χ2n) is 6.31. The number of nitrogens with one attached hydrogen (secondary N) is 3. The molecule has 0 saturated carbocycles. The number of amides is 1. The lowest BCUT2D eigenvalue weighted by Crippen LogP contribution is -2.14. The zero-order valence-electron chi connectivity index (χ0n) is 16.0. The number of aromatic amines is 1. The summed E-state index contributed by atoms with van der Waals surface area (Å²) in [5.74, 6) is 0.445. The lowest BCUT2D eigenvalue weighted by molar-refractivity contribution is -0.114. The minimum absolute atomic E-state index is 0.0576. The highest BCUT2D eigenvalue weighted by Crippen LogP contribution is 2.33. The first-order chi connectivity index (χ1) is 13.2. The Morgan fingerprint density at radius 3 is 2.36 bits per heavy atom. The lowest BCUT2D eigenvalue weighted by Gasteiger charge is -2.10. The summed E-state index contributed by atoms with van der Waals surface area (Å²) in [6.07, 6.45) is 0.576. The van der Waals surface area contributed by atoms with E-state index >= 15 is 0 Å². The molecule has 2 heterocycles. The molecule has 28 heavy (non-hydrogen) atoms. The predicted octanol–water partition coefficient (Wildman–Crippen LogP) is 3.00. The third-order valence-electron chi connectivity index (χ3n) is 4.04. The molecule has 0 bridgehead atoms. The molecule has 0 unspecified atom stereocenters. The van der Waals surface area contributed by atoms with Crippen molar-refractivity contribution in [3.63, 3.8) is 0 Å². The van der Waals surface area contributed by atoms with E-state index in [2.05, 4.69) is 25.2 Å². The first-order valence-electron chi connectivity index (χ1n) is 8.64. The summed E-state index contributed by atoms with van der Waals surface area (Å²) in [6.45, 7) is 6.70. The predicted molar refractivity (Wildman–Crippen MR) is 104 cm³/mol. The zero-order valence-corrected chi connectivity index (χ0v) is 16.8. The third-order valence-corrected chi connectivity index (χ3v) is 5.59. The molecule has 9 nitrogen and oxygen atoms in total. The van der Waals surface area contributed by atoms with Gasteiger partial charge in [-0.05, 0) is 38.1 Å². The van der Waals surface area contributed by atoms with Crippen molar-refractivity contribution in [1.29, 1.82) is 0 Å². The quantitative estimate of drug-likeness (QED) is 0.580. The monoisotopic (exact) mass is 403 g/mol. The van der Waals surface area contributed by atoms with Gasteiger partial charge in [0.2, 0.25) is 5.91 Å². The number of rotatable bonds is 6. The van der Waals surface area contributed by atoms with Gasteiger partial charge in [0, 0.05) is 36.1 Å². The van der Waals surface area contributed by atoms with Gasteiger partial charge in [0.05, 0.1) is 5.56 Å². The summed E-state index contributed by atoms with van der Waals surface area (Å²) in [7, 11) is -3.93. The van der Waals surface area contributed by atoms with Gasteiger partial charge in [-0.2, -0.15) is 4.98 Å². The van der Waals surface area contributed by atoms with Gasteiger partial charge in [-0.25, -0.2) is 8.42 Å². The van der Waals surface area contributed by atoms with E-state index in [4.69, 9.17) is 4.52 Å². The fraction of sp³-hybridized carbons (Fsp3) is 0.278. The van der Waals surface area contributed by atoms with Crippen LogP contribution in [0, 0.1) is 13.8 Å². The maximum absolute atomic E-state index is 13.1. The summed E-state index contributed by atoms with van der Waals surface area (Å²) in [5, 5.41) is 6.48. The average Bonchev–Trinajstić information content (AvgIpc) is 3.19. The number of aryl methyl sites for hydroxylation is 3. The van der Waals surface area contributed by atoms with Crippen LogP contribution in [0.1, 0.15) is 31.1 Å². The number of nitrogens with zero attached hydrogens (tertiary/aromatic N) is 2. The second-order valence-corrected chi connectivity index (χ2v) is 7.93. The highest BCUT2D eigenvalue weighted by atomic mass is 32.2. The molecule has 1 amide bonds. The molecule has 0 fully saturated rings.